The summed E-state index contributed by atoms with van der Waals surface area (Å²) in [7, 11) is 0. The Morgan fingerprint density at radius 2 is 1.70 bits per heavy atom. The molecule has 0 radical (unpaired) electrons. The highest BCUT2D eigenvalue weighted by Crippen LogP contribution is 2.23. The van der Waals surface area contributed by atoms with Crippen molar-refractivity contribution in [3.05, 3.63) is 77.5 Å². The number of rotatable bonds is 5. The number of ether oxygens (including phenoxy) is 1. The van der Waals surface area contributed by atoms with E-state index in [9.17, 15) is 9.59 Å². The van der Waals surface area contributed by atoms with Crippen LogP contribution in [0.3, 0.4) is 0 Å². The molecule has 0 aliphatic carbocycles. The Balaban J connectivity index is 2.05. The summed E-state index contributed by atoms with van der Waals surface area (Å²) in [6.07, 6.45) is 0.0213. The van der Waals surface area contributed by atoms with Crippen LogP contribution >= 0.6 is 0 Å². The Bertz CT molecular complexity index is 889. The van der Waals surface area contributed by atoms with Crippen LogP contribution in [0.1, 0.15) is 25.8 Å². The molecule has 0 saturated heterocycles. The third kappa shape index (κ3) is 4.23. The van der Waals surface area contributed by atoms with Crippen LogP contribution in [0.5, 0.6) is 0 Å². The number of nitrogens with zero attached hydrogens (tertiary/aromatic N) is 2. The molecule has 1 N–H and O–H groups in total. The molecule has 2 aromatic carbocycles. The summed E-state index contributed by atoms with van der Waals surface area (Å²) in [6, 6.07) is 19.0. The number of hydrogen-bond acceptors (Lipinski definition) is 5. The fourth-order valence-corrected chi connectivity index (χ4v) is 2.76. The fraction of sp³-hybridized carbons (Fsp3) is 0.190. The third-order valence-electron chi connectivity index (χ3n) is 4.02. The van der Waals surface area contributed by atoms with Crippen molar-refractivity contribution in [2.75, 3.05) is 11.6 Å². The Morgan fingerprint density at radius 1 is 1.07 bits per heavy atom. The van der Waals surface area contributed by atoms with Crippen LogP contribution in [-0.4, -0.2) is 24.3 Å². The van der Waals surface area contributed by atoms with E-state index in [2.05, 4.69) is 10.4 Å². The first-order chi connectivity index (χ1) is 13.1. The van der Waals surface area contributed by atoms with E-state index in [0.717, 1.165) is 11.3 Å². The summed E-state index contributed by atoms with van der Waals surface area (Å²) >= 11 is 0. The van der Waals surface area contributed by atoms with E-state index >= 15 is 0 Å². The van der Waals surface area contributed by atoms with Crippen molar-refractivity contribution in [1.82, 2.24) is 5.43 Å². The average molecular weight is 363 g/mol. The number of hydrazine groups is 1. The number of hydrogen-bond donors (Lipinski definition) is 1. The molecule has 0 saturated carbocycles. The maximum Gasteiger partial charge on any atom is 0.309 e. The van der Waals surface area contributed by atoms with Crippen molar-refractivity contribution >= 4 is 23.4 Å². The van der Waals surface area contributed by atoms with Crippen LogP contribution in [0.25, 0.3) is 0 Å². The highest BCUT2D eigenvalue weighted by Gasteiger charge is 2.28. The number of esters is 1. The predicted octanol–water partition coefficient (Wildman–Crippen LogP) is 3.21. The zero-order valence-corrected chi connectivity index (χ0v) is 15.3. The lowest BCUT2D eigenvalue weighted by atomic mass is 10.1. The second-order valence-corrected chi connectivity index (χ2v) is 6.02. The van der Waals surface area contributed by atoms with Crippen molar-refractivity contribution in [3.63, 3.8) is 0 Å². The number of amides is 1. The molecule has 0 spiro atoms. The number of nitrogens with one attached hydrogen (secondary N) is 1. The molecular formula is C21H21N3O3. The first kappa shape index (κ1) is 18.4. The largest absolute Gasteiger partial charge is 0.466 e. The number of benzene rings is 2. The van der Waals surface area contributed by atoms with Crippen LogP contribution in [0.4, 0.5) is 5.69 Å². The van der Waals surface area contributed by atoms with Gasteiger partial charge in [-0.05, 0) is 31.6 Å². The van der Waals surface area contributed by atoms with Crippen molar-refractivity contribution in [1.29, 1.82) is 0 Å². The first-order valence-electron chi connectivity index (χ1n) is 8.75. The van der Waals surface area contributed by atoms with E-state index < -0.39 is 0 Å². The number of aliphatic imine (C=N–C) groups is 1. The molecule has 0 unspecified atom stereocenters. The van der Waals surface area contributed by atoms with E-state index in [1.165, 1.54) is 0 Å². The smallest absolute Gasteiger partial charge is 0.309 e. The molecule has 138 valence electrons. The monoisotopic (exact) mass is 363 g/mol. The van der Waals surface area contributed by atoms with Gasteiger partial charge < -0.3 is 4.74 Å². The Kier molecular flexibility index (Phi) is 5.66. The van der Waals surface area contributed by atoms with Crippen LogP contribution in [0.2, 0.25) is 0 Å². The molecule has 27 heavy (non-hydrogen) atoms. The molecule has 3 rings (SSSR count). The van der Waals surface area contributed by atoms with Crippen LogP contribution in [0.15, 0.2) is 76.9 Å². The van der Waals surface area contributed by atoms with Crippen molar-refractivity contribution in [2.24, 2.45) is 4.99 Å². The summed E-state index contributed by atoms with van der Waals surface area (Å²) in [4.78, 5) is 29.1. The molecule has 2 aromatic rings. The summed E-state index contributed by atoms with van der Waals surface area (Å²) in [5.74, 6) is -0.155. The molecule has 0 atom stereocenters. The van der Waals surface area contributed by atoms with E-state index in [4.69, 9.17) is 4.74 Å². The number of amidine groups is 1. The van der Waals surface area contributed by atoms with Crippen LogP contribution in [-0.2, 0) is 14.3 Å². The van der Waals surface area contributed by atoms with Crippen LogP contribution in [0, 0.1) is 0 Å². The average Bonchev–Trinajstić information content (AvgIpc) is 2.69. The number of para-hydroxylation sites is 1. The maximum atomic E-state index is 12.7. The van der Waals surface area contributed by atoms with Gasteiger partial charge in [0.25, 0.3) is 5.91 Å². The lowest BCUT2D eigenvalue weighted by Gasteiger charge is -2.31. The van der Waals surface area contributed by atoms with Crippen molar-refractivity contribution in [3.8, 4) is 0 Å². The second kappa shape index (κ2) is 8.31. The Labute approximate surface area is 158 Å². The lowest BCUT2D eigenvalue weighted by molar-refractivity contribution is -0.142. The normalized spacial score (nSPS) is 15.7. The molecule has 1 aliphatic heterocycles. The molecule has 1 heterocycles. The molecule has 0 fully saturated rings. The number of carbonyl (C=O) groups excluding carboxylic acids is 2. The van der Waals surface area contributed by atoms with Gasteiger partial charge in [0.05, 0.1) is 18.7 Å². The Hall–Kier alpha value is -3.41. The second-order valence-electron chi connectivity index (χ2n) is 6.02. The van der Waals surface area contributed by atoms with Gasteiger partial charge in [-0.25, -0.2) is 10.0 Å². The molecular weight excluding hydrogens is 342 g/mol. The minimum Gasteiger partial charge on any atom is -0.466 e. The van der Waals surface area contributed by atoms with Gasteiger partial charge in [0.15, 0.2) is 5.84 Å². The maximum absolute atomic E-state index is 12.7. The topological polar surface area (TPSA) is 71.0 Å². The first-order valence-corrected chi connectivity index (χ1v) is 8.75. The van der Waals surface area contributed by atoms with Gasteiger partial charge in [-0.3, -0.25) is 15.0 Å². The molecule has 1 aliphatic rings. The molecule has 0 bridgehead atoms. The lowest BCUT2D eigenvalue weighted by Crippen LogP contribution is -2.51. The van der Waals surface area contributed by atoms with Crippen molar-refractivity contribution in [2.45, 2.75) is 20.3 Å². The zero-order chi connectivity index (χ0) is 19.2. The van der Waals surface area contributed by atoms with Gasteiger partial charge in [0.1, 0.15) is 5.70 Å². The molecule has 0 aromatic heterocycles. The summed E-state index contributed by atoms with van der Waals surface area (Å²) in [5, 5.41) is 1.65. The third-order valence-corrected chi connectivity index (χ3v) is 4.02. The Morgan fingerprint density at radius 3 is 2.33 bits per heavy atom. The van der Waals surface area contributed by atoms with Crippen LogP contribution < -0.4 is 10.4 Å². The summed E-state index contributed by atoms with van der Waals surface area (Å²) in [5.41, 5.74) is 5.30. The highest BCUT2D eigenvalue weighted by atomic mass is 16.5. The summed E-state index contributed by atoms with van der Waals surface area (Å²) in [6.45, 7) is 3.77. The van der Waals surface area contributed by atoms with Crippen molar-refractivity contribution < 1.29 is 14.3 Å². The van der Waals surface area contributed by atoms with Gasteiger partial charge in [-0.2, -0.15) is 0 Å². The highest BCUT2D eigenvalue weighted by molar-refractivity contribution is 6.16. The quantitative estimate of drug-likeness (QED) is 0.654. The van der Waals surface area contributed by atoms with Gasteiger partial charge in [0, 0.05) is 5.56 Å². The van der Waals surface area contributed by atoms with Gasteiger partial charge in [0.2, 0.25) is 0 Å². The molecule has 1 amide bonds. The van der Waals surface area contributed by atoms with Gasteiger partial charge in [-0.1, -0.05) is 48.5 Å². The number of carbonyl (C=O) groups is 2. The predicted molar refractivity (Wildman–Crippen MR) is 104 cm³/mol. The van der Waals surface area contributed by atoms with E-state index in [0.29, 0.717) is 18.0 Å². The molecule has 6 nitrogen and oxygen atoms in total. The molecule has 6 heteroatoms. The summed E-state index contributed by atoms with van der Waals surface area (Å²) < 4.78 is 4.98. The SMILES string of the molecule is CCOC(=O)C/C(C)=C1\N=C(c2ccccc2)N(c2ccccc2)NC1=O. The minimum atomic E-state index is -0.378. The zero-order valence-electron chi connectivity index (χ0n) is 15.3. The van der Waals surface area contributed by atoms with Gasteiger partial charge >= 0.3 is 5.97 Å². The minimum absolute atomic E-state index is 0.0213. The van der Waals surface area contributed by atoms with Gasteiger partial charge in [-0.15, -0.1) is 0 Å². The standard InChI is InChI=1S/C21H21N3O3/c1-3-27-18(25)14-15(2)19-21(26)23-24(17-12-8-5-9-13-17)20(22-19)16-10-6-4-7-11-16/h4-13H,3,14H2,1-2H3,(H,23,26)/b19-15-. The van der Waals surface area contributed by atoms with E-state index in [1.54, 1.807) is 18.9 Å². The number of anilines is 1. The fourth-order valence-electron chi connectivity index (χ4n) is 2.76. The van der Waals surface area contributed by atoms with E-state index in [-0.39, 0.29) is 24.0 Å². The van der Waals surface area contributed by atoms with E-state index in [1.807, 2.05) is 60.7 Å².